The summed E-state index contributed by atoms with van der Waals surface area (Å²) >= 11 is 12.1. The van der Waals surface area contributed by atoms with Crippen LogP contribution in [-0.2, 0) is 6.61 Å². The van der Waals surface area contributed by atoms with Crippen LogP contribution < -0.4 is 10.2 Å². The lowest BCUT2D eigenvalue weighted by atomic mass is 10.2. The normalized spacial score (nSPS) is 11.0. The summed E-state index contributed by atoms with van der Waals surface area (Å²) in [5, 5.41) is 5.94. The molecule has 0 saturated carbocycles. The first-order valence-electron chi connectivity index (χ1n) is 9.44. The van der Waals surface area contributed by atoms with Crippen molar-refractivity contribution in [2.24, 2.45) is 5.10 Å². The van der Waals surface area contributed by atoms with Crippen molar-refractivity contribution in [3.05, 3.63) is 106 Å². The van der Waals surface area contributed by atoms with Crippen LogP contribution in [0.4, 0.5) is 0 Å². The molecule has 0 aliphatic carbocycles. The van der Waals surface area contributed by atoms with Gasteiger partial charge in [-0.3, -0.25) is 4.79 Å². The highest BCUT2D eigenvalue weighted by atomic mass is 35.5. The zero-order valence-electron chi connectivity index (χ0n) is 16.3. The van der Waals surface area contributed by atoms with Gasteiger partial charge in [0.15, 0.2) is 0 Å². The minimum absolute atomic E-state index is 0.318. The molecule has 0 unspecified atom stereocenters. The lowest BCUT2D eigenvalue weighted by molar-refractivity contribution is 0.0955. The molecule has 1 N–H and O–H groups in total. The second-order valence-corrected chi connectivity index (χ2v) is 7.49. The van der Waals surface area contributed by atoms with Crippen LogP contribution in [0.25, 0.3) is 10.9 Å². The molecule has 0 radical (unpaired) electrons. The summed E-state index contributed by atoms with van der Waals surface area (Å²) < 4.78 is 5.73. The number of pyridine rings is 1. The highest BCUT2D eigenvalue weighted by Crippen LogP contribution is 2.19. The quantitative estimate of drug-likeness (QED) is 0.227. The average molecular weight is 450 g/mol. The van der Waals surface area contributed by atoms with Gasteiger partial charge in [0.25, 0.3) is 5.91 Å². The fourth-order valence-corrected chi connectivity index (χ4v) is 3.19. The third-order valence-corrected chi connectivity index (χ3v) is 5.06. The Morgan fingerprint density at radius 2 is 1.74 bits per heavy atom. The van der Waals surface area contributed by atoms with Crippen molar-refractivity contribution >= 4 is 46.2 Å². The van der Waals surface area contributed by atoms with Gasteiger partial charge in [-0.05, 0) is 54.1 Å². The lowest BCUT2D eigenvalue weighted by Gasteiger charge is -2.07. The van der Waals surface area contributed by atoms with Crippen molar-refractivity contribution in [2.45, 2.75) is 6.61 Å². The molecule has 1 aromatic heterocycles. The first-order chi connectivity index (χ1) is 15.1. The monoisotopic (exact) mass is 449 g/mol. The number of nitrogens with one attached hydrogen (secondary N) is 1. The minimum atomic E-state index is -0.342. The van der Waals surface area contributed by atoms with E-state index in [4.69, 9.17) is 27.9 Å². The maximum absolute atomic E-state index is 12.3. The van der Waals surface area contributed by atoms with Crippen LogP contribution >= 0.6 is 23.2 Å². The second-order valence-electron chi connectivity index (χ2n) is 6.70. The standard InChI is InChI=1S/C24H17Cl2N3O2/c25-20-9-5-16(6-10-20)15-31-21-11-7-17(8-12-21)24(30)29-27-14-19-13-18-3-1-2-4-22(18)28-23(19)26/h1-14H,15H2,(H,29,30)/b27-14+. The average Bonchev–Trinajstić information content (AvgIpc) is 2.79. The Balaban J connectivity index is 1.35. The molecule has 7 heteroatoms. The van der Waals surface area contributed by atoms with Gasteiger partial charge in [-0.15, -0.1) is 0 Å². The van der Waals surface area contributed by atoms with E-state index in [0.29, 0.717) is 33.7 Å². The number of carbonyl (C=O) groups excluding carboxylic acids is 1. The van der Waals surface area contributed by atoms with Gasteiger partial charge in [0.2, 0.25) is 0 Å². The molecule has 0 bridgehead atoms. The number of hydrogen-bond acceptors (Lipinski definition) is 4. The van der Waals surface area contributed by atoms with E-state index in [9.17, 15) is 4.79 Å². The number of ether oxygens (including phenoxy) is 1. The molecule has 4 rings (SSSR count). The van der Waals surface area contributed by atoms with E-state index < -0.39 is 0 Å². The summed E-state index contributed by atoms with van der Waals surface area (Å²) in [7, 11) is 0. The van der Waals surface area contributed by atoms with Crippen molar-refractivity contribution in [1.29, 1.82) is 0 Å². The van der Waals surface area contributed by atoms with E-state index in [0.717, 1.165) is 16.5 Å². The number of benzene rings is 3. The zero-order chi connectivity index (χ0) is 21.6. The van der Waals surface area contributed by atoms with Crippen molar-refractivity contribution < 1.29 is 9.53 Å². The van der Waals surface area contributed by atoms with Crippen LogP contribution in [0.2, 0.25) is 10.2 Å². The third kappa shape index (κ3) is 5.40. The van der Waals surface area contributed by atoms with E-state index in [-0.39, 0.29) is 5.91 Å². The van der Waals surface area contributed by atoms with Gasteiger partial charge in [0.05, 0.1) is 11.7 Å². The van der Waals surface area contributed by atoms with Crippen LogP contribution in [0.1, 0.15) is 21.5 Å². The number of hydrazone groups is 1. The van der Waals surface area contributed by atoms with E-state index in [1.54, 1.807) is 24.3 Å². The minimum Gasteiger partial charge on any atom is -0.489 e. The molecule has 0 aliphatic rings. The molecule has 1 heterocycles. The summed E-state index contributed by atoms with van der Waals surface area (Å²) in [5.41, 5.74) is 5.37. The Kier molecular flexibility index (Phi) is 6.46. The fraction of sp³-hybridized carbons (Fsp3) is 0.0417. The number of para-hydroxylation sites is 1. The molecule has 0 fully saturated rings. The first kappa shape index (κ1) is 20.8. The third-order valence-electron chi connectivity index (χ3n) is 4.51. The SMILES string of the molecule is O=C(N/N=C/c1cc2ccccc2nc1Cl)c1ccc(OCc2ccc(Cl)cc2)cc1. The van der Waals surface area contributed by atoms with E-state index >= 15 is 0 Å². The Bertz CT molecular complexity index is 1240. The van der Waals surface area contributed by atoms with Crippen molar-refractivity contribution in [3.8, 4) is 5.75 Å². The molecule has 0 saturated heterocycles. The summed E-state index contributed by atoms with van der Waals surface area (Å²) in [6.45, 7) is 0.410. The molecule has 3 aromatic carbocycles. The highest BCUT2D eigenvalue weighted by Gasteiger charge is 2.06. The molecular formula is C24H17Cl2N3O2. The molecule has 0 aliphatic heterocycles. The maximum Gasteiger partial charge on any atom is 0.271 e. The Hall–Kier alpha value is -3.41. The predicted molar refractivity (Wildman–Crippen MR) is 124 cm³/mol. The summed E-state index contributed by atoms with van der Waals surface area (Å²) in [6.07, 6.45) is 1.48. The maximum atomic E-state index is 12.3. The van der Waals surface area contributed by atoms with Crippen LogP contribution in [0.3, 0.4) is 0 Å². The molecule has 0 spiro atoms. The van der Waals surface area contributed by atoms with Gasteiger partial charge in [-0.25, -0.2) is 10.4 Å². The van der Waals surface area contributed by atoms with Crippen molar-refractivity contribution in [2.75, 3.05) is 0 Å². The van der Waals surface area contributed by atoms with Crippen molar-refractivity contribution in [3.63, 3.8) is 0 Å². The Morgan fingerprint density at radius 1 is 1.00 bits per heavy atom. The van der Waals surface area contributed by atoms with Crippen molar-refractivity contribution in [1.82, 2.24) is 10.4 Å². The van der Waals surface area contributed by atoms with E-state index in [1.807, 2.05) is 54.6 Å². The first-order valence-corrected chi connectivity index (χ1v) is 10.2. The van der Waals surface area contributed by atoms with Crippen LogP contribution in [0.5, 0.6) is 5.75 Å². The number of hydrogen-bond donors (Lipinski definition) is 1. The van der Waals surface area contributed by atoms with E-state index in [2.05, 4.69) is 15.5 Å². The zero-order valence-corrected chi connectivity index (χ0v) is 17.8. The number of amides is 1. The highest BCUT2D eigenvalue weighted by molar-refractivity contribution is 6.32. The molecule has 0 atom stereocenters. The smallest absolute Gasteiger partial charge is 0.271 e. The lowest BCUT2D eigenvalue weighted by Crippen LogP contribution is -2.17. The van der Waals surface area contributed by atoms with Gasteiger partial charge in [-0.2, -0.15) is 5.10 Å². The molecule has 154 valence electrons. The fourth-order valence-electron chi connectivity index (χ4n) is 2.87. The van der Waals surface area contributed by atoms with Gasteiger partial charge < -0.3 is 4.74 Å². The number of fused-ring (bicyclic) bond motifs is 1. The Labute approximate surface area is 189 Å². The predicted octanol–water partition coefficient (Wildman–Crippen LogP) is 5.88. The van der Waals surface area contributed by atoms with Crippen LogP contribution in [0.15, 0.2) is 84.0 Å². The largest absolute Gasteiger partial charge is 0.489 e. The summed E-state index contributed by atoms with van der Waals surface area (Å²) in [4.78, 5) is 16.7. The number of rotatable bonds is 6. The molecule has 4 aromatic rings. The molecule has 5 nitrogen and oxygen atoms in total. The summed E-state index contributed by atoms with van der Waals surface area (Å²) in [5.74, 6) is 0.314. The molecule has 31 heavy (non-hydrogen) atoms. The molecular weight excluding hydrogens is 433 g/mol. The van der Waals surface area contributed by atoms with Crippen LogP contribution in [-0.4, -0.2) is 17.1 Å². The second kappa shape index (κ2) is 9.60. The number of aromatic nitrogens is 1. The number of halogens is 2. The van der Waals surface area contributed by atoms with Gasteiger partial charge in [0.1, 0.15) is 17.5 Å². The van der Waals surface area contributed by atoms with Gasteiger partial charge in [-0.1, -0.05) is 53.5 Å². The Morgan fingerprint density at radius 3 is 2.52 bits per heavy atom. The van der Waals surface area contributed by atoms with E-state index in [1.165, 1.54) is 6.21 Å². The van der Waals surface area contributed by atoms with Gasteiger partial charge >= 0.3 is 0 Å². The van der Waals surface area contributed by atoms with Gasteiger partial charge in [0, 0.05) is 21.5 Å². The topological polar surface area (TPSA) is 63.6 Å². The number of carbonyl (C=O) groups is 1. The summed E-state index contributed by atoms with van der Waals surface area (Å²) in [6, 6.07) is 23.8. The number of nitrogens with zero attached hydrogens (tertiary/aromatic N) is 2. The molecule has 1 amide bonds. The van der Waals surface area contributed by atoms with Crippen LogP contribution in [0, 0.1) is 0 Å².